The van der Waals surface area contributed by atoms with Crippen molar-refractivity contribution in [1.29, 1.82) is 0 Å². The summed E-state index contributed by atoms with van der Waals surface area (Å²) in [5, 5.41) is 0. The average Bonchev–Trinajstić information content (AvgIpc) is 2.37. The number of nitrogens with zero attached hydrogens (tertiary/aromatic N) is 2. The van der Waals surface area contributed by atoms with Gasteiger partial charge in [-0.2, -0.15) is 0 Å². The van der Waals surface area contributed by atoms with Crippen molar-refractivity contribution in [2.45, 2.75) is 45.7 Å². The van der Waals surface area contributed by atoms with Crippen LogP contribution in [0.4, 0.5) is 0 Å². The highest BCUT2D eigenvalue weighted by Crippen LogP contribution is 2.23. The number of likely N-dealkylation sites (N-methyl/N-ethyl adjacent to an activating group) is 1. The minimum Gasteiger partial charge on any atom is -0.329 e. The van der Waals surface area contributed by atoms with Gasteiger partial charge < -0.3 is 5.73 Å². The van der Waals surface area contributed by atoms with Gasteiger partial charge in [0.25, 0.3) is 0 Å². The first kappa shape index (κ1) is 15.1. The van der Waals surface area contributed by atoms with Crippen LogP contribution in [0.5, 0.6) is 0 Å². The van der Waals surface area contributed by atoms with E-state index in [4.69, 9.17) is 5.73 Å². The fourth-order valence-corrected chi connectivity index (χ4v) is 2.00. The second kappa shape index (κ2) is 6.86. The van der Waals surface area contributed by atoms with E-state index in [0.29, 0.717) is 6.54 Å². The monoisotopic (exact) mass is 249 g/mol. The highest BCUT2D eigenvalue weighted by atomic mass is 15.2. The molecule has 0 radical (unpaired) electrons. The van der Waals surface area contributed by atoms with Crippen molar-refractivity contribution in [3.63, 3.8) is 0 Å². The van der Waals surface area contributed by atoms with Gasteiger partial charge >= 0.3 is 0 Å². The Labute approximate surface area is 111 Å². The van der Waals surface area contributed by atoms with Crippen molar-refractivity contribution < 1.29 is 0 Å². The summed E-state index contributed by atoms with van der Waals surface area (Å²) >= 11 is 0. The number of aromatic nitrogens is 1. The van der Waals surface area contributed by atoms with Crippen LogP contribution in [0.25, 0.3) is 0 Å². The number of pyridine rings is 1. The van der Waals surface area contributed by atoms with Crippen molar-refractivity contribution in [1.82, 2.24) is 9.88 Å². The smallest absolute Gasteiger partial charge is 0.0304 e. The lowest BCUT2D eigenvalue weighted by molar-refractivity contribution is 0.119. The lowest BCUT2D eigenvalue weighted by Crippen LogP contribution is -2.49. The Bertz CT molecular complexity index is 337. The molecule has 1 unspecified atom stereocenters. The fourth-order valence-electron chi connectivity index (χ4n) is 2.00. The molecule has 3 nitrogen and oxygen atoms in total. The Morgan fingerprint density at radius 2 is 1.94 bits per heavy atom. The van der Waals surface area contributed by atoms with E-state index in [1.807, 2.05) is 12.4 Å². The normalized spacial score (nSPS) is 15.1. The first-order valence-corrected chi connectivity index (χ1v) is 6.78. The van der Waals surface area contributed by atoms with Gasteiger partial charge in [-0.25, -0.2) is 0 Å². The Morgan fingerprint density at radius 3 is 2.44 bits per heavy atom. The first-order chi connectivity index (χ1) is 8.48. The molecule has 18 heavy (non-hydrogen) atoms. The Kier molecular flexibility index (Phi) is 5.76. The van der Waals surface area contributed by atoms with Gasteiger partial charge in [0.2, 0.25) is 0 Å². The van der Waals surface area contributed by atoms with Crippen molar-refractivity contribution in [3.05, 3.63) is 30.1 Å². The average molecular weight is 249 g/mol. The van der Waals surface area contributed by atoms with Gasteiger partial charge in [-0.05, 0) is 50.4 Å². The lowest BCUT2D eigenvalue weighted by atomic mass is 9.90. The molecule has 0 saturated heterocycles. The third kappa shape index (κ3) is 4.39. The molecule has 0 amide bonds. The van der Waals surface area contributed by atoms with E-state index in [-0.39, 0.29) is 5.54 Å². The molecule has 0 saturated carbocycles. The van der Waals surface area contributed by atoms with Crippen molar-refractivity contribution >= 4 is 0 Å². The molecule has 1 aromatic rings. The molecule has 0 aliphatic rings. The van der Waals surface area contributed by atoms with E-state index in [1.165, 1.54) is 12.0 Å². The highest BCUT2D eigenvalue weighted by molar-refractivity contribution is 5.10. The van der Waals surface area contributed by atoms with Gasteiger partial charge in [0.15, 0.2) is 0 Å². The molecule has 0 fully saturated rings. The molecule has 1 atom stereocenters. The van der Waals surface area contributed by atoms with Crippen LogP contribution in [0, 0.1) is 5.92 Å². The summed E-state index contributed by atoms with van der Waals surface area (Å²) < 4.78 is 0. The van der Waals surface area contributed by atoms with Gasteiger partial charge in [0.1, 0.15) is 0 Å². The maximum atomic E-state index is 5.99. The predicted molar refractivity (Wildman–Crippen MR) is 77.2 cm³/mol. The topological polar surface area (TPSA) is 42.1 Å². The van der Waals surface area contributed by atoms with E-state index < -0.39 is 0 Å². The number of hydrogen-bond donors (Lipinski definition) is 1. The molecule has 0 spiro atoms. The summed E-state index contributed by atoms with van der Waals surface area (Å²) in [6.07, 6.45) is 6.05. The van der Waals surface area contributed by atoms with Gasteiger partial charge in [0.05, 0.1) is 0 Å². The summed E-state index contributed by atoms with van der Waals surface area (Å²) in [7, 11) is 2.16. The molecule has 1 heterocycles. The molecule has 1 rings (SSSR count). The summed E-state index contributed by atoms with van der Waals surface area (Å²) in [6, 6.07) is 4.13. The highest BCUT2D eigenvalue weighted by Gasteiger charge is 2.27. The molecule has 1 aromatic heterocycles. The zero-order chi connectivity index (χ0) is 13.6. The lowest BCUT2D eigenvalue weighted by Gasteiger charge is -2.38. The first-order valence-electron chi connectivity index (χ1n) is 6.78. The van der Waals surface area contributed by atoms with Crippen LogP contribution < -0.4 is 5.73 Å². The number of nitrogens with two attached hydrogens (primary N) is 1. The van der Waals surface area contributed by atoms with Gasteiger partial charge in [-0.15, -0.1) is 0 Å². The summed E-state index contributed by atoms with van der Waals surface area (Å²) in [6.45, 7) is 8.41. The molecular weight excluding hydrogens is 222 g/mol. The standard InChI is InChI=1S/C15H27N3/c1-13(2)5-8-15(3,12-16)18(4)11-14-6-9-17-10-7-14/h6-7,9-10,13H,5,8,11-12,16H2,1-4H3. The maximum absolute atomic E-state index is 5.99. The Hall–Kier alpha value is -0.930. The van der Waals surface area contributed by atoms with E-state index >= 15 is 0 Å². The van der Waals surface area contributed by atoms with E-state index in [1.54, 1.807) is 0 Å². The van der Waals surface area contributed by atoms with Crippen LogP contribution in [0.15, 0.2) is 24.5 Å². The molecule has 3 heteroatoms. The predicted octanol–water partition coefficient (Wildman–Crippen LogP) is 2.67. The number of hydrogen-bond acceptors (Lipinski definition) is 3. The minimum absolute atomic E-state index is 0.0769. The van der Waals surface area contributed by atoms with Gasteiger partial charge in [-0.1, -0.05) is 13.8 Å². The van der Waals surface area contributed by atoms with Crippen LogP contribution in [0.3, 0.4) is 0 Å². The van der Waals surface area contributed by atoms with Gasteiger partial charge in [-0.3, -0.25) is 9.88 Å². The molecule has 0 aliphatic heterocycles. The molecule has 0 aromatic carbocycles. The largest absolute Gasteiger partial charge is 0.329 e. The third-order valence-corrected chi connectivity index (χ3v) is 3.79. The van der Waals surface area contributed by atoms with Crippen molar-refractivity contribution in [2.75, 3.05) is 13.6 Å². The third-order valence-electron chi connectivity index (χ3n) is 3.79. The zero-order valence-corrected chi connectivity index (χ0v) is 12.2. The molecule has 0 bridgehead atoms. The molecule has 102 valence electrons. The fraction of sp³-hybridized carbons (Fsp3) is 0.667. The Morgan fingerprint density at radius 1 is 1.33 bits per heavy atom. The minimum atomic E-state index is 0.0769. The van der Waals surface area contributed by atoms with Crippen LogP contribution in [-0.2, 0) is 6.54 Å². The SMILES string of the molecule is CC(C)CCC(C)(CN)N(C)Cc1ccncc1. The van der Waals surface area contributed by atoms with Crippen LogP contribution >= 0.6 is 0 Å². The van der Waals surface area contributed by atoms with Crippen LogP contribution in [-0.4, -0.2) is 29.0 Å². The molecule has 0 aliphatic carbocycles. The zero-order valence-electron chi connectivity index (χ0n) is 12.2. The van der Waals surface area contributed by atoms with E-state index in [9.17, 15) is 0 Å². The van der Waals surface area contributed by atoms with Crippen LogP contribution in [0.1, 0.15) is 39.2 Å². The Balaban J connectivity index is 2.63. The summed E-state index contributed by atoms with van der Waals surface area (Å²) in [5.41, 5.74) is 7.36. The summed E-state index contributed by atoms with van der Waals surface area (Å²) in [5.74, 6) is 0.727. The second-order valence-electron chi connectivity index (χ2n) is 5.85. The maximum Gasteiger partial charge on any atom is 0.0304 e. The molecular formula is C15H27N3. The van der Waals surface area contributed by atoms with Gasteiger partial charge in [0, 0.05) is 31.0 Å². The van der Waals surface area contributed by atoms with E-state index in [0.717, 1.165) is 18.9 Å². The van der Waals surface area contributed by atoms with E-state index in [2.05, 4.69) is 49.8 Å². The summed E-state index contributed by atoms with van der Waals surface area (Å²) in [4.78, 5) is 6.42. The molecule has 2 N–H and O–H groups in total. The van der Waals surface area contributed by atoms with Crippen molar-refractivity contribution in [2.24, 2.45) is 11.7 Å². The number of rotatable bonds is 7. The second-order valence-corrected chi connectivity index (χ2v) is 5.85. The quantitative estimate of drug-likeness (QED) is 0.808. The van der Waals surface area contributed by atoms with Crippen LogP contribution in [0.2, 0.25) is 0 Å². The van der Waals surface area contributed by atoms with Crippen molar-refractivity contribution in [3.8, 4) is 0 Å².